The topological polar surface area (TPSA) is 6.48 Å². The van der Waals surface area contributed by atoms with Crippen molar-refractivity contribution in [3.05, 3.63) is 243 Å². The number of benzene rings is 10. The summed E-state index contributed by atoms with van der Waals surface area (Å²) >= 11 is 0. The van der Waals surface area contributed by atoms with Crippen molar-refractivity contribution < 1.29 is 0 Å². The summed E-state index contributed by atoms with van der Waals surface area (Å²) in [6, 6.07) is 87.2. The minimum atomic E-state index is 1.10. The largest absolute Gasteiger partial charge is 0.311 e. The van der Waals surface area contributed by atoms with Crippen molar-refractivity contribution in [1.82, 2.24) is 0 Å². The molecule has 0 aliphatic heterocycles. The Morgan fingerprint density at radius 3 is 1.07 bits per heavy atom. The van der Waals surface area contributed by atoms with Gasteiger partial charge in [-0.25, -0.2) is 0 Å². The van der Waals surface area contributed by atoms with E-state index in [1.54, 1.807) is 0 Å². The summed E-state index contributed by atoms with van der Waals surface area (Å²) in [4.78, 5) is 4.67. The standard InChI is InChI=1S/C56H40N2/c1-5-15-41(16-6-1)42-25-31-49(32-26-42)57(47-20-9-3-10-21-47)50-33-27-43(28-34-50)44-29-35-51(36-30-44)58(48-22-11-4-12-23-48)52-37-38-54-53-24-14-13-19-46(53)39-55(56(54)40-52)45-17-7-2-8-18-45/h1-40H. The lowest BCUT2D eigenvalue weighted by Gasteiger charge is -2.27. The summed E-state index contributed by atoms with van der Waals surface area (Å²) in [6.45, 7) is 0. The first-order valence-corrected chi connectivity index (χ1v) is 19.8. The van der Waals surface area contributed by atoms with Crippen LogP contribution in [0.15, 0.2) is 243 Å². The summed E-state index contributed by atoms with van der Waals surface area (Å²) < 4.78 is 0. The monoisotopic (exact) mass is 740 g/mol. The summed E-state index contributed by atoms with van der Waals surface area (Å²) in [5.41, 5.74) is 13.8. The second kappa shape index (κ2) is 15.5. The molecule has 58 heavy (non-hydrogen) atoms. The van der Waals surface area contributed by atoms with Crippen LogP contribution in [0.25, 0.3) is 54.9 Å². The van der Waals surface area contributed by atoms with Crippen molar-refractivity contribution >= 4 is 55.7 Å². The highest BCUT2D eigenvalue weighted by molar-refractivity contribution is 6.14. The third-order valence-electron chi connectivity index (χ3n) is 11.0. The maximum Gasteiger partial charge on any atom is 0.0468 e. The fourth-order valence-corrected chi connectivity index (χ4v) is 8.17. The van der Waals surface area contributed by atoms with Gasteiger partial charge in [-0.15, -0.1) is 0 Å². The molecule has 2 nitrogen and oxygen atoms in total. The van der Waals surface area contributed by atoms with E-state index < -0.39 is 0 Å². The van der Waals surface area contributed by atoms with Crippen LogP contribution in [0.4, 0.5) is 34.1 Å². The second-order valence-corrected chi connectivity index (χ2v) is 14.6. The molecular formula is C56H40N2. The van der Waals surface area contributed by atoms with Crippen LogP contribution in [0.5, 0.6) is 0 Å². The van der Waals surface area contributed by atoms with Crippen LogP contribution in [0.3, 0.4) is 0 Å². The Balaban J connectivity index is 0.997. The molecule has 0 saturated carbocycles. The van der Waals surface area contributed by atoms with Crippen molar-refractivity contribution in [2.45, 2.75) is 0 Å². The SMILES string of the molecule is c1ccc(-c2ccc(N(c3ccccc3)c3ccc(-c4ccc(N(c5ccccc5)c5ccc6c(c5)c(-c5ccccc5)cc5ccccc56)cc4)cc3)cc2)cc1. The van der Waals surface area contributed by atoms with Crippen LogP contribution in [-0.2, 0) is 0 Å². The molecule has 0 aliphatic rings. The second-order valence-electron chi connectivity index (χ2n) is 14.6. The van der Waals surface area contributed by atoms with E-state index in [9.17, 15) is 0 Å². The Morgan fingerprint density at radius 2 is 0.569 bits per heavy atom. The average Bonchev–Trinajstić information content (AvgIpc) is 3.31. The fourth-order valence-electron chi connectivity index (χ4n) is 8.17. The van der Waals surface area contributed by atoms with Crippen molar-refractivity contribution in [2.75, 3.05) is 9.80 Å². The molecule has 0 atom stereocenters. The molecular weight excluding hydrogens is 701 g/mol. The highest BCUT2D eigenvalue weighted by Crippen LogP contribution is 2.42. The normalized spacial score (nSPS) is 11.1. The van der Waals surface area contributed by atoms with Gasteiger partial charge in [-0.2, -0.15) is 0 Å². The summed E-state index contributed by atoms with van der Waals surface area (Å²) in [5, 5.41) is 4.99. The van der Waals surface area contributed by atoms with Gasteiger partial charge in [0.15, 0.2) is 0 Å². The number of fused-ring (bicyclic) bond motifs is 3. The molecule has 0 aliphatic carbocycles. The number of hydrogen-bond donors (Lipinski definition) is 0. The van der Waals surface area contributed by atoms with Gasteiger partial charge in [0.2, 0.25) is 0 Å². The van der Waals surface area contributed by atoms with Crippen LogP contribution >= 0.6 is 0 Å². The minimum absolute atomic E-state index is 1.10. The Bertz CT molecular complexity index is 2940. The Hall–Kier alpha value is -7.68. The van der Waals surface area contributed by atoms with Crippen LogP contribution in [0.1, 0.15) is 0 Å². The van der Waals surface area contributed by atoms with Gasteiger partial charge in [-0.1, -0.05) is 164 Å². The van der Waals surface area contributed by atoms with Gasteiger partial charge < -0.3 is 9.80 Å². The van der Waals surface area contributed by atoms with Crippen molar-refractivity contribution in [3.8, 4) is 33.4 Å². The van der Waals surface area contributed by atoms with E-state index in [0.717, 1.165) is 39.7 Å². The van der Waals surface area contributed by atoms with Crippen molar-refractivity contribution in [3.63, 3.8) is 0 Å². The molecule has 0 heterocycles. The first kappa shape index (κ1) is 34.8. The number of rotatable bonds is 9. The van der Waals surface area contributed by atoms with Crippen LogP contribution in [0, 0.1) is 0 Å². The average molecular weight is 741 g/mol. The van der Waals surface area contributed by atoms with E-state index in [4.69, 9.17) is 0 Å². The maximum absolute atomic E-state index is 2.36. The Morgan fingerprint density at radius 1 is 0.207 bits per heavy atom. The van der Waals surface area contributed by atoms with Gasteiger partial charge in [0.05, 0.1) is 0 Å². The van der Waals surface area contributed by atoms with Crippen LogP contribution in [0.2, 0.25) is 0 Å². The summed E-state index contributed by atoms with van der Waals surface area (Å²) in [6.07, 6.45) is 0. The third kappa shape index (κ3) is 6.78. The van der Waals surface area contributed by atoms with E-state index in [-0.39, 0.29) is 0 Å². The predicted octanol–water partition coefficient (Wildman–Crippen LogP) is 15.9. The van der Waals surface area contributed by atoms with E-state index in [1.165, 1.54) is 49.4 Å². The van der Waals surface area contributed by atoms with Gasteiger partial charge in [-0.05, 0) is 134 Å². The van der Waals surface area contributed by atoms with E-state index in [2.05, 4.69) is 252 Å². The molecule has 10 aromatic rings. The van der Waals surface area contributed by atoms with Gasteiger partial charge in [0.1, 0.15) is 0 Å². The van der Waals surface area contributed by atoms with Gasteiger partial charge in [0.25, 0.3) is 0 Å². The van der Waals surface area contributed by atoms with Gasteiger partial charge >= 0.3 is 0 Å². The molecule has 0 N–H and O–H groups in total. The number of anilines is 6. The summed E-state index contributed by atoms with van der Waals surface area (Å²) in [5.74, 6) is 0. The molecule has 0 fully saturated rings. The van der Waals surface area contributed by atoms with E-state index in [0.29, 0.717) is 0 Å². The molecule has 10 rings (SSSR count). The van der Waals surface area contributed by atoms with Gasteiger partial charge in [0, 0.05) is 34.1 Å². The number of nitrogens with zero attached hydrogens (tertiary/aromatic N) is 2. The maximum atomic E-state index is 2.36. The number of para-hydroxylation sites is 2. The lowest BCUT2D eigenvalue weighted by Crippen LogP contribution is -2.10. The molecule has 10 aromatic carbocycles. The quantitative estimate of drug-likeness (QED) is 0.136. The molecule has 0 aromatic heterocycles. The highest BCUT2D eigenvalue weighted by Gasteiger charge is 2.17. The molecule has 274 valence electrons. The molecule has 0 amide bonds. The zero-order valence-electron chi connectivity index (χ0n) is 32.0. The molecule has 2 heteroatoms. The lowest BCUT2D eigenvalue weighted by molar-refractivity contribution is 1.28. The summed E-state index contributed by atoms with van der Waals surface area (Å²) in [7, 11) is 0. The van der Waals surface area contributed by atoms with E-state index in [1.807, 2.05) is 0 Å². The third-order valence-corrected chi connectivity index (χ3v) is 11.0. The zero-order valence-corrected chi connectivity index (χ0v) is 32.0. The first-order valence-electron chi connectivity index (χ1n) is 19.8. The fraction of sp³-hybridized carbons (Fsp3) is 0. The van der Waals surface area contributed by atoms with E-state index >= 15 is 0 Å². The molecule has 0 saturated heterocycles. The lowest BCUT2D eigenvalue weighted by atomic mass is 9.92. The first-order chi connectivity index (χ1) is 28.8. The Labute approximate surface area is 340 Å². The predicted molar refractivity (Wildman–Crippen MR) is 247 cm³/mol. The van der Waals surface area contributed by atoms with Crippen molar-refractivity contribution in [2.24, 2.45) is 0 Å². The molecule has 0 spiro atoms. The molecule has 0 unspecified atom stereocenters. The molecule has 0 bridgehead atoms. The highest BCUT2D eigenvalue weighted by atomic mass is 15.1. The van der Waals surface area contributed by atoms with Crippen molar-refractivity contribution in [1.29, 1.82) is 0 Å². The number of hydrogen-bond acceptors (Lipinski definition) is 2. The minimum Gasteiger partial charge on any atom is -0.311 e. The Kier molecular flexibility index (Phi) is 9.27. The zero-order chi connectivity index (χ0) is 38.7. The molecule has 0 radical (unpaired) electrons. The van der Waals surface area contributed by atoms with Crippen LogP contribution < -0.4 is 9.80 Å². The van der Waals surface area contributed by atoms with Crippen LogP contribution in [-0.4, -0.2) is 0 Å². The van der Waals surface area contributed by atoms with Gasteiger partial charge in [-0.3, -0.25) is 0 Å². The smallest absolute Gasteiger partial charge is 0.0468 e.